The Morgan fingerprint density at radius 3 is 2.67 bits per heavy atom. The summed E-state index contributed by atoms with van der Waals surface area (Å²) in [7, 11) is -0.926. The van der Waals surface area contributed by atoms with Crippen molar-refractivity contribution in [3.8, 4) is 11.3 Å². The number of benzene rings is 1. The van der Waals surface area contributed by atoms with Crippen LogP contribution in [0.25, 0.3) is 11.3 Å². The van der Waals surface area contributed by atoms with Gasteiger partial charge < -0.3 is 4.57 Å². The van der Waals surface area contributed by atoms with Gasteiger partial charge >= 0.3 is 0 Å². The van der Waals surface area contributed by atoms with E-state index in [1.165, 1.54) is 6.42 Å². The maximum atomic E-state index is 11.4. The largest absolute Gasteiger partial charge is 0.322 e. The number of rotatable bonds is 2. The smallest absolute Gasteiger partial charge is 0.113 e. The molecule has 1 unspecified atom stereocenters. The lowest BCUT2D eigenvalue weighted by atomic mass is 10.2. The van der Waals surface area contributed by atoms with Crippen molar-refractivity contribution in [1.29, 1.82) is 0 Å². The first-order valence-corrected chi connectivity index (χ1v) is 8.20. The Hall–Kier alpha value is -0.940. The van der Waals surface area contributed by atoms with Gasteiger partial charge in [0.05, 0.1) is 0 Å². The van der Waals surface area contributed by atoms with E-state index in [0.29, 0.717) is 0 Å². The summed E-state index contributed by atoms with van der Waals surface area (Å²) in [5, 5.41) is 0. The second-order valence-corrected chi connectivity index (χ2v) is 6.53. The molecule has 18 heavy (non-hydrogen) atoms. The zero-order valence-corrected chi connectivity index (χ0v) is 12.4. The van der Waals surface area contributed by atoms with Crippen molar-refractivity contribution < 1.29 is 4.21 Å². The molecule has 0 amide bonds. The molecule has 0 saturated heterocycles. The molecule has 0 radical (unpaired) electrons. The molecule has 1 atom stereocenters. The molecule has 1 aromatic carbocycles. The van der Waals surface area contributed by atoms with Crippen LogP contribution in [0.3, 0.4) is 0 Å². The molecule has 2 aromatic rings. The number of nitrogens with zero attached hydrogens (tertiary/aromatic N) is 2. The SMILES string of the molecule is CS(=O)c1ccc(-c2nc3n(c2Br)CCC3)cc1. The summed E-state index contributed by atoms with van der Waals surface area (Å²) >= 11 is 3.63. The third-order valence-electron chi connectivity index (χ3n) is 3.23. The zero-order chi connectivity index (χ0) is 12.7. The molecule has 3 nitrogen and oxygen atoms in total. The van der Waals surface area contributed by atoms with E-state index in [-0.39, 0.29) is 0 Å². The first kappa shape index (κ1) is 12.1. The molecule has 1 aliphatic heterocycles. The van der Waals surface area contributed by atoms with Gasteiger partial charge in [-0.1, -0.05) is 12.1 Å². The lowest BCUT2D eigenvalue weighted by Crippen LogP contribution is -1.91. The van der Waals surface area contributed by atoms with E-state index >= 15 is 0 Å². The van der Waals surface area contributed by atoms with E-state index in [2.05, 4.69) is 25.5 Å². The van der Waals surface area contributed by atoms with E-state index in [1.54, 1.807) is 6.26 Å². The average Bonchev–Trinajstić information content (AvgIpc) is 2.93. The molecule has 0 aliphatic carbocycles. The number of fused-ring (bicyclic) bond motifs is 1. The standard InChI is InChI=1S/C13H13BrN2OS/c1-18(17)10-6-4-9(5-7-10)12-13(14)16-8-2-3-11(16)15-12/h4-7H,2-3,8H2,1H3. The number of aryl methyl sites for hydroxylation is 1. The topological polar surface area (TPSA) is 34.9 Å². The molecule has 0 spiro atoms. The molecule has 94 valence electrons. The van der Waals surface area contributed by atoms with E-state index in [4.69, 9.17) is 0 Å². The van der Waals surface area contributed by atoms with Crippen molar-refractivity contribution in [2.75, 3.05) is 6.26 Å². The van der Waals surface area contributed by atoms with Crippen LogP contribution < -0.4 is 0 Å². The zero-order valence-electron chi connectivity index (χ0n) is 10.0. The molecular weight excluding hydrogens is 312 g/mol. The maximum Gasteiger partial charge on any atom is 0.113 e. The minimum absolute atomic E-state index is 0.849. The molecule has 0 N–H and O–H groups in total. The fourth-order valence-electron chi connectivity index (χ4n) is 2.28. The molecule has 1 aliphatic rings. The van der Waals surface area contributed by atoms with Gasteiger partial charge in [0.2, 0.25) is 0 Å². The van der Waals surface area contributed by atoms with Gasteiger partial charge in [-0.3, -0.25) is 4.21 Å². The van der Waals surface area contributed by atoms with Gasteiger partial charge in [0.25, 0.3) is 0 Å². The minimum Gasteiger partial charge on any atom is -0.322 e. The molecule has 1 aromatic heterocycles. The maximum absolute atomic E-state index is 11.4. The minimum atomic E-state index is -0.926. The van der Waals surface area contributed by atoms with Gasteiger partial charge in [0.1, 0.15) is 16.1 Å². The van der Waals surface area contributed by atoms with Crippen LogP contribution in [0.1, 0.15) is 12.2 Å². The quantitative estimate of drug-likeness (QED) is 0.851. The van der Waals surface area contributed by atoms with Crippen LogP contribution in [0.5, 0.6) is 0 Å². The summed E-state index contributed by atoms with van der Waals surface area (Å²) in [5.74, 6) is 1.15. The Morgan fingerprint density at radius 1 is 1.33 bits per heavy atom. The number of hydrogen-bond donors (Lipinski definition) is 0. The van der Waals surface area contributed by atoms with Crippen LogP contribution in [0.4, 0.5) is 0 Å². The van der Waals surface area contributed by atoms with Crippen molar-refractivity contribution in [3.63, 3.8) is 0 Å². The van der Waals surface area contributed by atoms with Gasteiger partial charge in [-0.05, 0) is 34.5 Å². The van der Waals surface area contributed by atoms with Crippen LogP contribution in [0.2, 0.25) is 0 Å². The van der Waals surface area contributed by atoms with Crippen molar-refractivity contribution in [2.45, 2.75) is 24.3 Å². The van der Waals surface area contributed by atoms with Gasteiger partial charge in [-0.25, -0.2) is 4.98 Å². The van der Waals surface area contributed by atoms with Crippen LogP contribution in [0.15, 0.2) is 33.8 Å². The fourth-order valence-corrected chi connectivity index (χ4v) is 3.50. The first-order valence-electron chi connectivity index (χ1n) is 5.85. The van der Waals surface area contributed by atoms with Crippen LogP contribution >= 0.6 is 15.9 Å². The predicted octanol–water partition coefficient (Wildman–Crippen LogP) is 3.00. The third kappa shape index (κ3) is 1.95. The highest BCUT2D eigenvalue weighted by atomic mass is 79.9. The summed E-state index contributed by atoms with van der Waals surface area (Å²) in [6, 6.07) is 7.78. The van der Waals surface area contributed by atoms with Crippen molar-refractivity contribution >= 4 is 26.7 Å². The van der Waals surface area contributed by atoms with Gasteiger partial charge in [-0.2, -0.15) is 0 Å². The Bertz CT molecular complexity index is 619. The first-order chi connectivity index (χ1) is 8.66. The lowest BCUT2D eigenvalue weighted by Gasteiger charge is -2.02. The number of imidazole rings is 1. The molecule has 0 fully saturated rings. The van der Waals surface area contributed by atoms with Crippen LogP contribution in [-0.2, 0) is 23.8 Å². The number of aromatic nitrogens is 2. The molecular formula is C13H13BrN2OS. The Labute approximate surface area is 117 Å². The molecule has 2 heterocycles. The highest BCUT2D eigenvalue weighted by molar-refractivity contribution is 9.10. The molecule has 0 bridgehead atoms. The van der Waals surface area contributed by atoms with E-state index in [9.17, 15) is 4.21 Å². The fraction of sp³-hybridized carbons (Fsp3) is 0.308. The van der Waals surface area contributed by atoms with Crippen LogP contribution in [0, 0.1) is 0 Å². The summed E-state index contributed by atoms with van der Waals surface area (Å²) in [5.41, 5.74) is 2.05. The third-order valence-corrected chi connectivity index (χ3v) is 4.97. The van der Waals surface area contributed by atoms with Gasteiger partial charge in [0.15, 0.2) is 0 Å². The van der Waals surface area contributed by atoms with E-state index < -0.39 is 10.8 Å². The van der Waals surface area contributed by atoms with Crippen molar-refractivity contribution in [2.24, 2.45) is 0 Å². The van der Waals surface area contributed by atoms with Gasteiger partial charge in [0, 0.05) is 40.5 Å². The highest BCUT2D eigenvalue weighted by Crippen LogP contribution is 2.32. The Morgan fingerprint density at radius 2 is 2.06 bits per heavy atom. The summed E-state index contributed by atoms with van der Waals surface area (Å²) in [4.78, 5) is 5.52. The van der Waals surface area contributed by atoms with E-state index in [1.807, 2.05) is 24.3 Å². The number of halogens is 1. The highest BCUT2D eigenvalue weighted by Gasteiger charge is 2.20. The van der Waals surface area contributed by atoms with Crippen LogP contribution in [-0.4, -0.2) is 20.0 Å². The Kier molecular flexibility index (Phi) is 3.11. The van der Waals surface area contributed by atoms with Gasteiger partial charge in [-0.15, -0.1) is 0 Å². The number of hydrogen-bond acceptors (Lipinski definition) is 2. The predicted molar refractivity (Wildman–Crippen MR) is 76.0 cm³/mol. The van der Waals surface area contributed by atoms with Crippen molar-refractivity contribution in [3.05, 3.63) is 34.7 Å². The monoisotopic (exact) mass is 324 g/mol. The summed E-state index contributed by atoms with van der Waals surface area (Å²) < 4.78 is 14.6. The second-order valence-electron chi connectivity index (χ2n) is 4.40. The lowest BCUT2D eigenvalue weighted by molar-refractivity contribution is 0.687. The second kappa shape index (κ2) is 4.63. The summed E-state index contributed by atoms with van der Waals surface area (Å²) in [6.07, 6.45) is 3.92. The molecule has 5 heteroatoms. The summed E-state index contributed by atoms with van der Waals surface area (Å²) in [6.45, 7) is 1.04. The molecule has 0 saturated carbocycles. The van der Waals surface area contributed by atoms with Crippen molar-refractivity contribution in [1.82, 2.24) is 9.55 Å². The molecule has 3 rings (SSSR count). The average molecular weight is 325 g/mol. The van der Waals surface area contributed by atoms with E-state index in [0.717, 1.165) is 39.5 Å². The Balaban J connectivity index is 2.02. The normalized spacial score (nSPS) is 15.7.